The fourth-order valence-electron chi connectivity index (χ4n) is 1.25. The first-order valence-electron chi connectivity index (χ1n) is 5.15. The highest BCUT2D eigenvalue weighted by Gasteiger charge is 2.03. The summed E-state index contributed by atoms with van der Waals surface area (Å²) in [5.74, 6) is 0.0222. The van der Waals surface area contributed by atoms with E-state index in [0.29, 0.717) is 11.6 Å². The summed E-state index contributed by atoms with van der Waals surface area (Å²) in [6, 6.07) is 8.66. The third-order valence-corrected chi connectivity index (χ3v) is 2.15. The highest BCUT2D eigenvalue weighted by atomic mass is 16.4. The molecule has 1 heterocycles. The molecule has 0 atom stereocenters. The number of aromatic nitrogens is 2. The van der Waals surface area contributed by atoms with E-state index in [9.17, 15) is 0 Å². The third kappa shape index (κ3) is 2.92. The van der Waals surface area contributed by atoms with Crippen LogP contribution in [0.4, 0.5) is 5.69 Å². The summed E-state index contributed by atoms with van der Waals surface area (Å²) in [5, 5.41) is 26.8. The van der Waals surface area contributed by atoms with Gasteiger partial charge in [0.1, 0.15) is 6.07 Å². The molecule has 0 aliphatic heterocycles. The normalized spacial score (nSPS) is 10.8. The van der Waals surface area contributed by atoms with Crippen LogP contribution in [0.3, 0.4) is 0 Å². The van der Waals surface area contributed by atoms with E-state index in [0.717, 1.165) is 5.56 Å². The van der Waals surface area contributed by atoms with Crippen LogP contribution in [-0.2, 0) is 0 Å². The number of rotatable bonds is 4. The molecule has 0 spiro atoms. The van der Waals surface area contributed by atoms with Gasteiger partial charge in [-0.05, 0) is 24.3 Å². The van der Waals surface area contributed by atoms with Gasteiger partial charge in [0.2, 0.25) is 18.0 Å². The summed E-state index contributed by atoms with van der Waals surface area (Å²) < 4.78 is 5.05. The predicted molar refractivity (Wildman–Crippen MR) is 68.3 cm³/mol. The van der Waals surface area contributed by atoms with E-state index in [1.54, 1.807) is 30.3 Å². The molecule has 0 bridgehead atoms. The van der Waals surface area contributed by atoms with Crippen molar-refractivity contribution < 1.29 is 4.42 Å². The Hall–Kier alpha value is -3.21. The lowest BCUT2D eigenvalue weighted by Gasteiger charge is -2.01. The van der Waals surface area contributed by atoms with Crippen molar-refractivity contribution in [3.8, 4) is 17.5 Å². The molecular weight excluding hydrogens is 246 g/mol. The van der Waals surface area contributed by atoms with Crippen molar-refractivity contribution in [3.05, 3.63) is 30.7 Å². The number of nitriles is 1. The van der Waals surface area contributed by atoms with Gasteiger partial charge in [-0.15, -0.1) is 10.2 Å². The van der Waals surface area contributed by atoms with E-state index in [2.05, 4.69) is 20.7 Å². The molecule has 1 aromatic carbocycles. The molecule has 19 heavy (non-hydrogen) atoms. The molecule has 1 aromatic heterocycles. The van der Waals surface area contributed by atoms with Crippen LogP contribution in [0.15, 0.2) is 40.2 Å². The summed E-state index contributed by atoms with van der Waals surface area (Å²) in [7, 11) is 0. The topological polar surface area (TPSA) is 137 Å². The predicted octanol–water partition coefficient (Wildman–Crippen LogP) is 0.964. The maximum atomic E-state index is 8.67. The Kier molecular flexibility index (Phi) is 3.49. The number of amidine groups is 1. The number of hydrogen-bond donors (Lipinski definition) is 3. The summed E-state index contributed by atoms with van der Waals surface area (Å²) in [6.45, 7) is 0. The molecule has 8 heteroatoms. The molecule has 0 fully saturated rings. The van der Waals surface area contributed by atoms with Crippen LogP contribution in [0.2, 0.25) is 0 Å². The second-order valence-electron chi connectivity index (χ2n) is 3.42. The number of benzene rings is 1. The highest BCUT2D eigenvalue weighted by molar-refractivity contribution is 6.45. The number of nitrogens with one attached hydrogen (secondary N) is 2. The van der Waals surface area contributed by atoms with Crippen molar-refractivity contribution in [2.24, 2.45) is 10.8 Å². The Morgan fingerprint density at radius 2 is 2.16 bits per heavy atom. The standard InChI is InChI=1S/C11H9N7O/c12-5-9(10(13)14)17-16-8-3-1-7(2-4-8)11-18-15-6-19-11/h1-4,6,16H,(H3,13,14)/b17-9+. The van der Waals surface area contributed by atoms with E-state index in [1.165, 1.54) is 6.39 Å². The number of nitrogens with zero attached hydrogens (tertiary/aromatic N) is 4. The molecule has 0 aliphatic carbocycles. The zero-order chi connectivity index (χ0) is 13.7. The van der Waals surface area contributed by atoms with E-state index in [1.807, 2.05) is 0 Å². The number of anilines is 1. The van der Waals surface area contributed by atoms with Gasteiger partial charge in [0.05, 0.1) is 5.69 Å². The molecule has 2 aromatic rings. The summed E-state index contributed by atoms with van der Waals surface area (Å²) in [6.07, 6.45) is 1.25. The molecule has 0 saturated carbocycles. The Morgan fingerprint density at radius 1 is 1.42 bits per heavy atom. The van der Waals surface area contributed by atoms with Crippen molar-refractivity contribution in [2.45, 2.75) is 0 Å². The molecule has 4 N–H and O–H groups in total. The first-order chi connectivity index (χ1) is 9.20. The summed E-state index contributed by atoms with van der Waals surface area (Å²) in [4.78, 5) is 0. The minimum absolute atomic E-state index is 0.180. The minimum atomic E-state index is -0.391. The molecule has 0 amide bonds. The van der Waals surface area contributed by atoms with Gasteiger partial charge in [-0.3, -0.25) is 10.8 Å². The highest BCUT2D eigenvalue weighted by Crippen LogP contribution is 2.18. The minimum Gasteiger partial charge on any atom is -0.423 e. The third-order valence-electron chi connectivity index (χ3n) is 2.15. The van der Waals surface area contributed by atoms with Crippen molar-refractivity contribution in [1.29, 1.82) is 10.7 Å². The van der Waals surface area contributed by atoms with Gasteiger partial charge in [-0.1, -0.05) is 0 Å². The molecular formula is C11H9N7O. The zero-order valence-electron chi connectivity index (χ0n) is 9.66. The van der Waals surface area contributed by atoms with Crippen molar-refractivity contribution in [2.75, 3.05) is 5.43 Å². The Balaban J connectivity index is 2.12. The van der Waals surface area contributed by atoms with Crippen molar-refractivity contribution in [3.63, 3.8) is 0 Å². The van der Waals surface area contributed by atoms with Crippen LogP contribution < -0.4 is 11.2 Å². The SMILES string of the molecule is N#C/C(=N\Nc1ccc(-c2nnco2)cc1)C(=N)N. The molecule has 2 rings (SSSR count). The number of nitrogens with two attached hydrogens (primary N) is 1. The molecule has 0 radical (unpaired) electrons. The van der Waals surface area contributed by atoms with Gasteiger partial charge in [-0.2, -0.15) is 10.4 Å². The summed E-state index contributed by atoms with van der Waals surface area (Å²) >= 11 is 0. The van der Waals surface area contributed by atoms with Crippen LogP contribution in [0, 0.1) is 16.7 Å². The van der Waals surface area contributed by atoms with E-state index >= 15 is 0 Å². The van der Waals surface area contributed by atoms with E-state index in [4.69, 9.17) is 20.8 Å². The van der Waals surface area contributed by atoms with Crippen molar-refractivity contribution in [1.82, 2.24) is 10.2 Å². The van der Waals surface area contributed by atoms with Gasteiger partial charge in [-0.25, -0.2) is 0 Å². The van der Waals surface area contributed by atoms with Crippen LogP contribution in [0.5, 0.6) is 0 Å². The Bertz CT molecular complexity index is 637. The molecule has 0 aliphatic rings. The molecule has 94 valence electrons. The Morgan fingerprint density at radius 3 is 2.68 bits per heavy atom. The second kappa shape index (κ2) is 5.42. The molecule has 0 unspecified atom stereocenters. The first-order valence-corrected chi connectivity index (χ1v) is 5.15. The van der Waals surface area contributed by atoms with E-state index < -0.39 is 5.84 Å². The molecule has 8 nitrogen and oxygen atoms in total. The quantitative estimate of drug-likeness (QED) is 0.422. The Labute approximate surface area is 108 Å². The van der Waals surface area contributed by atoms with Gasteiger partial charge < -0.3 is 10.2 Å². The van der Waals surface area contributed by atoms with E-state index in [-0.39, 0.29) is 5.71 Å². The van der Waals surface area contributed by atoms with Gasteiger partial charge >= 0.3 is 0 Å². The lowest BCUT2D eigenvalue weighted by Crippen LogP contribution is -2.21. The summed E-state index contributed by atoms with van der Waals surface area (Å²) in [5.41, 5.74) is 9.01. The van der Waals surface area contributed by atoms with Gasteiger partial charge in [0.25, 0.3) is 0 Å². The maximum Gasteiger partial charge on any atom is 0.247 e. The van der Waals surface area contributed by atoms with Crippen LogP contribution in [-0.4, -0.2) is 21.7 Å². The second-order valence-corrected chi connectivity index (χ2v) is 3.42. The smallest absolute Gasteiger partial charge is 0.247 e. The van der Waals surface area contributed by atoms with Crippen LogP contribution in [0.1, 0.15) is 0 Å². The average Bonchev–Trinajstić information content (AvgIpc) is 2.94. The van der Waals surface area contributed by atoms with Gasteiger partial charge in [0.15, 0.2) is 5.84 Å². The largest absolute Gasteiger partial charge is 0.423 e. The van der Waals surface area contributed by atoms with Gasteiger partial charge in [0, 0.05) is 5.56 Å². The lowest BCUT2D eigenvalue weighted by atomic mass is 10.2. The monoisotopic (exact) mass is 255 g/mol. The number of hydrazone groups is 1. The first kappa shape index (κ1) is 12.3. The fourth-order valence-corrected chi connectivity index (χ4v) is 1.25. The van der Waals surface area contributed by atoms with Crippen molar-refractivity contribution >= 4 is 17.2 Å². The average molecular weight is 255 g/mol. The zero-order valence-corrected chi connectivity index (χ0v) is 9.66. The maximum absolute atomic E-state index is 8.67. The number of hydrogen-bond acceptors (Lipinski definition) is 7. The van der Waals surface area contributed by atoms with Crippen LogP contribution in [0.25, 0.3) is 11.5 Å². The lowest BCUT2D eigenvalue weighted by molar-refractivity contribution is 0.568. The fraction of sp³-hybridized carbons (Fsp3) is 0. The molecule has 0 saturated heterocycles. The van der Waals surface area contributed by atoms with Crippen LogP contribution >= 0.6 is 0 Å².